The number of ether oxygens (including phenoxy) is 3. The van der Waals surface area contributed by atoms with E-state index in [0.717, 1.165) is 16.9 Å². The van der Waals surface area contributed by atoms with Gasteiger partial charge in [-0.05, 0) is 53.9 Å². The van der Waals surface area contributed by atoms with Gasteiger partial charge in [0.2, 0.25) is 11.8 Å². The molecule has 0 unspecified atom stereocenters. The zero-order chi connectivity index (χ0) is 25.8. The molecule has 0 aliphatic carbocycles. The summed E-state index contributed by atoms with van der Waals surface area (Å²) in [7, 11) is 4.81. The van der Waals surface area contributed by atoms with Crippen molar-refractivity contribution in [2.24, 2.45) is 0 Å². The van der Waals surface area contributed by atoms with Gasteiger partial charge >= 0.3 is 0 Å². The fraction of sp³-hybridized carbons (Fsp3) is 0.310. The van der Waals surface area contributed by atoms with Crippen molar-refractivity contribution in [3.63, 3.8) is 0 Å². The number of nitrogens with one attached hydrogen (secondary N) is 1. The molecular formula is C29H34N2O5. The smallest absolute Gasteiger partial charge is 0.242 e. The maximum atomic E-state index is 13.5. The summed E-state index contributed by atoms with van der Waals surface area (Å²) < 4.78 is 16.3. The van der Waals surface area contributed by atoms with Crippen molar-refractivity contribution in [2.45, 2.75) is 31.8 Å². The Balaban J connectivity index is 1.74. The number of rotatable bonds is 13. The second kappa shape index (κ2) is 13.8. The molecule has 36 heavy (non-hydrogen) atoms. The summed E-state index contributed by atoms with van der Waals surface area (Å²) in [6.07, 6.45) is 1.19. The Kier molecular flexibility index (Phi) is 10.2. The minimum atomic E-state index is -0.654. The third-order valence-corrected chi connectivity index (χ3v) is 5.87. The van der Waals surface area contributed by atoms with Gasteiger partial charge in [0, 0.05) is 26.4 Å². The normalized spacial score (nSPS) is 11.3. The van der Waals surface area contributed by atoms with E-state index in [0.29, 0.717) is 37.5 Å². The third-order valence-electron chi connectivity index (χ3n) is 5.87. The maximum absolute atomic E-state index is 13.5. The SMILES string of the molecule is CNC(=O)[C@H](Cc1ccccc1)N(Cc1cccc(OC)c1)C(=O)CCCOc1ccc(OC)cc1. The summed E-state index contributed by atoms with van der Waals surface area (Å²) >= 11 is 0. The molecule has 0 fully saturated rings. The summed E-state index contributed by atoms with van der Waals surface area (Å²) in [5.74, 6) is 1.85. The number of benzene rings is 3. The summed E-state index contributed by atoms with van der Waals surface area (Å²) in [5.41, 5.74) is 1.87. The van der Waals surface area contributed by atoms with Crippen molar-refractivity contribution in [3.05, 3.63) is 90.0 Å². The van der Waals surface area contributed by atoms with Crippen LogP contribution in [-0.4, -0.2) is 50.6 Å². The molecule has 7 nitrogen and oxygen atoms in total. The molecule has 3 aromatic rings. The molecule has 190 valence electrons. The summed E-state index contributed by atoms with van der Waals surface area (Å²) in [5, 5.41) is 2.73. The van der Waals surface area contributed by atoms with Crippen LogP contribution in [0.5, 0.6) is 17.2 Å². The van der Waals surface area contributed by atoms with Gasteiger partial charge in [0.05, 0.1) is 20.8 Å². The lowest BCUT2D eigenvalue weighted by Gasteiger charge is -2.31. The first kappa shape index (κ1) is 26.6. The van der Waals surface area contributed by atoms with E-state index in [1.807, 2.05) is 78.9 Å². The highest BCUT2D eigenvalue weighted by atomic mass is 16.5. The summed E-state index contributed by atoms with van der Waals surface area (Å²) in [4.78, 5) is 28.1. The van der Waals surface area contributed by atoms with E-state index in [1.165, 1.54) is 0 Å². The maximum Gasteiger partial charge on any atom is 0.242 e. The topological polar surface area (TPSA) is 77.1 Å². The average Bonchev–Trinajstić information content (AvgIpc) is 2.93. The number of likely N-dealkylation sites (N-methyl/N-ethyl adjacent to an activating group) is 1. The number of carbonyl (C=O) groups excluding carboxylic acids is 2. The van der Waals surface area contributed by atoms with Crippen LogP contribution >= 0.6 is 0 Å². The van der Waals surface area contributed by atoms with E-state index >= 15 is 0 Å². The van der Waals surface area contributed by atoms with E-state index in [2.05, 4.69) is 5.32 Å². The first-order valence-electron chi connectivity index (χ1n) is 12.0. The van der Waals surface area contributed by atoms with Gasteiger partial charge in [-0.15, -0.1) is 0 Å². The molecule has 0 aromatic heterocycles. The lowest BCUT2D eigenvalue weighted by Crippen LogP contribution is -2.49. The molecule has 3 aromatic carbocycles. The fourth-order valence-electron chi connectivity index (χ4n) is 3.92. The Morgan fingerprint density at radius 2 is 1.50 bits per heavy atom. The molecule has 0 heterocycles. The lowest BCUT2D eigenvalue weighted by atomic mass is 10.0. The molecule has 0 aliphatic rings. The summed E-state index contributed by atoms with van der Waals surface area (Å²) in [6.45, 7) is 0.675. The molecule has 0 saturated carbocycles. The van der Waals surface area contributed by atoms with Crippen LogP contribution in [0.2, 0.25) is 0 Å². The zero-order valence-electron chi connectivity index (χ0n) is 21.1. The predicted octanol–water partition coefficient (Wildman–Crippen LogP) is 4.25. The minimum absolute atomic E-state index is 0.110. The molecule has 1 atom stereocenters. The fourth-order valence-corrected chi connectivity index (χ4v) is 3.92. The van der Waals surface area contributed by atoms with E-state index < -0.39 is 6.04 Å². The first-order chi connectivity index (χ1) is 17.5. The Bertz CT molecular complexity index is 1100. The van der Waals surface area contributed by atoms with Crippen LogP contribution in [-0.2, 0) is 22.6 Å². The van der Waals surface area contributed by atoms with Gasteiger partial charge in [-0.2, -0.15) is 0 Å². The highest BCUT2D eigenvalue weighted by molar-refractivity contribution is 5.87. The molecule has 7 heteroatoms. The molecule has 0 spiro atoms. The van der Waals surface area contributed by atoms with Crippen molar-refractivity contribution in [1.29, 1.82) is 0 Å². The largest absolute Gasteiger partial charge is 0.497 e. The molecule has 1 N–H and O–H groups in total. The van der Waals surface area contributed by atoms with Gasteiger partial charge in [-0.25, -0.2) is 0 Å². The van der Waals surface area contributed by atoms with E-state index in [1.54, 1.807) is 26.2 Å². The average molecular weight is 491 g/mol. The lowest BCUT2D eigenvalue weighted by molar-refractivity contribution is -0.141. The van der Waals surface area contributed by atoms with E-state index in [4.69, 9.17) is 14.2 Å². The molecule has 0 aliphatic heterocycles. The van der Waals surface area contributed by atoms with Crippen LogP contribution in [0.25, 0.3) is 0 Å². The molecule has 0 radical (unpaired) electrons. The Hall–Kier alpha value is -4.00. The van der Waals surface area contributed by atoms with Crippen molar-refractivity contribution < 1.29 is 23.8 Å². The number of amides is 2. The summed E-state index contributed by atoms with van der Waals surface area (Å²) in [6, 6.07) is 23.9. The minimum Gasteiger partial charge on any atom is -0.497 e. The Morgan fingerprint density at radius 1 is 0.833 bits per heavy atom. The standard InChI is InChI=1S/C29H34N2O5/c1-30-29(33)27(20-22-9-5-4-6-10-22)31(21-23-11-7-12-26(19-23)35-3)28(32)13-8-18-36-25-16-14-24(34-2)15-17-25/h4-7,9-12,14-17,19,27H,8,13,18,20-21H2,1-3H3,(H,30,33)/t27-/m0/s1. The van der Waals surface area contributed by atoms with Gasteiger partial charge in [-0.3, -0.25) is 9.59 Å². The number of carbonyl (C=O) groups is 2. The Morgan fingerprint density at radius 3 is 2.17 bits per heavy atom. The van der Waals surface area contributed by atoms with Crippen molar-refractivity contribution >= 4 is 11.8 Å². The number of methoxy groups -OCH3 is 2. The third kappa shape index (κ3) is 7.77. The Labute approximate surface area is 213 Å². The van der Waals surface area contributed by atoms with Crippen LogP contribution < -0.4 is 19.5 Å². The van der Waals surface area contributed by atoms with Crippen LogP contribution in [0.15, 0.2) is 78.9 Å². The number of nitrogens with zero attached hydrogens (tertiary/aromatic N) is 1. The second-order valence-electron chi connectivity index (χ2n) is 8.32. The number of hydrogen-bond donors (Lipinski definition) is 1. The predicted molar refractivity (Wildman–Crippen MR) is 139 cm³/mol. The van der Waals surface area contributed by atoms with Crippen molar-refractivity contribution in [1.82, 2.24) is 10.2 Å². The highest BCUT2D eigenvalue weighted by Gasteiger charge is 2.29. The monoisotopic (exact) mass is 490 g/mol. The molecule has 2 amide bonds. The van der Waals surface area contributed by atoms with Gasteiger partial charge in [-0.1, -0.05) is 42.5 Å². The second-order valence-corrected chi connectivity index (χ2v) is 8.32. The highest BCUT2D eigenvalue weighted by Crippen LogP contribution is 2.20. The number of hydrogen-bond acceptors (Lipinski definition) is 5. The van der Waals surface area contributed by atoms with Crippen LogP contribution in [0.4, 0.5) is 0 Å². The van der Waals surface area contributed by atoms with Crippen molar-refractivity contribution in [3.8, 4) is 17.2 Å². The van der Waals surface area contributed by atoms with Crippen LogP contribution in [0.3, 0.4) is 0 Å². The van der Waals surface area contributed by atoms with Gasteiger partial charge in [0.1, 0.15) is 23.3 Å². The van der Waals surface area contributed by atoms with Gasteiger partial charge < -0.3 is 24.4 Å². The molecule has 3 rings (SSSR count). The first-order valence-corrected chi connectivity index (χ1v) is 12.0. The molecule has 0 bridgehead atoms. The van der Waals surface area contributed by atoms with Crippen LogP contribution in [0, 0.1) is 0 Å². The van der Waals surface area contributed by atoms with Gasteiger partial charge in [0.25, 0.3) is 0 Å². The van der Waals surface area contributed by atoms with Crippen molar-refractivity contribution in [2.75, 3.05) is 27.9 Å². The van der Waals surface area contributed by atoms with Gasteiger partial charge in [0.15, 0.2) is 0 Å². The zero-order valence-corrected chi connectivity index (χ0v) is 21.1. The molecule has 0 saturated heterocycles. The van der Waals surface area contributed by atoms with E-state index in [-0.39, 0.29) is 18.2 Å². The van der Waals surface area contributed by atoms with Crippen LogP contribution in [0.1, 0.15) is 24.0 Å². The molecular weight excluding hydrogens is 456 g/mol. The quantitative estimate of drug-likeness (QED) is 0.363. The van der Waals surface area contributed by atoms with E-state index in [9.17, 15) is 9.59 Å².